The van der Waals surface area contributed by atoms with E-state index >= 15 is 0 Å². The molecule has 2 saturated heterocycles. The van der Waals surface area contributed by atoms with Crippen LogP contribution in [0.5, 0.6) is 0 Å². The fourth-order valence-corrected chi connectivity index (χ4v) is 5.34. The van der Waals surface area contributed by atoms with E-state index in [-0.39, 0.29) is 29.0 Å². The Kier molecular flexibility index (Phi) is 6.39. The van der Waals surface area contributed by atoms with Gasteiger partial charge in [0.15, 0.2) is 0 Å². The second-order valence-electron chi connectivity index (χ2n) is 8.79. The maximum absolute atomic E-state index is 12.8. The summed E-state index contributed by atoms with van der Waals surface area (Å²) in [6, 6.07) is 11.0. The molecule has 0 saturated carbocycles. The summed E-state index contributed by atoms with van der Waals surface area (Å²) in [4.78, 5) is 14.1. The number of benzene rings is 1. The third-order valence-corrected chi connectivity index (χ3v) is 7.47. The van der Waals surface area contributed by atoms with Crippen molar-refractivity contribution in [3.8, 4) is 0 Å². The quantitative estimate of drug-likeness (QED) is 0.777. The number of hydrogen-bond donors (Lipinski definition) is 1. The number of carbonyl (C=O) groups excluding carboxylic acids is 1. The van der Waals surface area contributed by atoms with E-state index in [0.29, 0.717) is 5.92 Å². The Labute approximate surface area is 166 Å². The van der Waals surface area contributed by atoms with Crippen molar-refractivity contribution in [2.24, 2.45) is 5.92 Å². The number of piperidine rings is 1. The standard InChI is InChI=1S/C21H32N2O3S/c1-21(2,3)27(25)22-19(12-15-8-6-5-7-9-15)16-13-17-10-11-18(14-16)23(17)20(24)26-4/h5-9,16-19,22H,10-14H2,1-4H3/t16-,17-,18+,19-,27-/m0/s1. The Hall–Kier alpha value is -1.24. The van der Waals surface area contributed by atoms with E-state index < -0.39 is 11.4 Å². The van der Waals surface area contributed by atoms with Crippen molar-refractivity contribution in [3.05, 3.63) is 35.9 Å². The van der Waals surface area contributed by atoms with E-state index in [2.05, 4.69) is 29.0 Å². The molecule has 1 aromatic rings. The SMILES string of the molecule is COC(=O)N1[C@@H]2CC[C@H]1C[C@H]([C@H](Cc1ccccc1)N[S@@+]([O-])C(C)(C)C)C2. The van der Waals surface area contributed by atoms with Crippen molar-refractivity contribution in [1.29, 1.82) is 0 Å². The van der Waals surface area contributed by atoms with Crippen molar-refractivity contribution in [2.45, 2.75) is 75.7 Å². The van der Waals surface area contributed by atoms with Crippen LogP contribution in [0.3, 0.4) is 0 Å². The first-order valence-electron chi connectivity index (χ1n) is 9.88. The molecule has 2 bridgehead atoms. The van der Waals surface area contributed by atoms with Gasteiger partial charge >= 0.3 is 6.09 Å². The molecule has 2 aliphatic rings. The first-order chi connectivity index (χ1) is 12.8. The van der Waals surface area contributed by atoms with E-state index in [1.807, 2.05) is 31.7 Å². The minimum Gasteiger partial charge on any atom is -0.598 e. The molecule has 2 heterocycles. The van der Waals surface area contributed by atoms with Gasteiger partial charge in [-0.25, -0.2) is 4.79 Å². The Bertz CT molecular complexity index is 620. The van der Waals surface area contributed by atoms with Crippen LogP contribution in [0.15, 0.2) is 30.3 Å². The lowest BCUT2D eigenvalue weighted by Gasteiger charge is -2.41. The van der Waals surface area contributed by atoms with Crippen LogP contribution >= 0.6 is 0 Å². The van der Waals surface area contributed by atoms with E-state index in [0.717, 1.165) is 32.1 Å². The minimum atomic E-state index is -1.12. The highest BCUT2D eigenvalue weighted by atomic mass is 32.2. The summed E-state index contributed by atoms with van der Waals surface area (Å²) in [7, 11) is 1.46. The van der Waals surface area contributed by atoms with Gasteiger partial charge in [0.2, 0.25) is 0 Å². The molecule has 0 spiro atoms. The van der Waals surface area contributed by atoms with Crippen molar-refractivity contribution in [2.75, 3.05) is 7.11 Å². The highest BCUT2D eigenvalue weighted by molar-refractivity contribution is 7.90. The molecule has 150 valence electrons. The third kappa shape index (κ3) is 4.79. The zero-order chi connectivity index (χ0) is 19.6. The van der Waals surface area contributed by atoms with E-state index in [9.17, 15) is 9.35 Å². The second-order valence-corrected chi connectivity index (χ2v) is 10.8. The molecule has 0 aliphatic carbocycles. The molecule has 2 fully saturated rings. The highest BCUT2D eigenvalue weighted by Crippen LogP contribution is 2.41. The van der Waals surface area contributed by atoms with Crippen molar-refractivity contribution >= 4 is 17.5 Å². The zero-order valence-electron chi connectivity index (χ0n) is 16.8. The summed E-state index contributed by atoms with van der Waals surface area (Å²) < 4.78 is 20.9. The summed E-state index contributed by atoms with van der Waals surface area (Å²) >= 11 is -1.12. The average Bonchev–Trinajstić information content (AvgIpc) is 2.90. The Balaban J connectivity index is 1.76. The number of amides is 1. The van der Waals surface area contributed by atoms with Gasteiger partial charge in [0.25, 0.3) is 0 Å². The molecular formula is C21H32N2O3S. The molecule has 1 aromatic carbocycles. The Morgan fingerprint density at radius 1 is 1.26 bits per heavy atom. The van der Waals surface area contributed by atoms with Gasteiger partial charge in [-0.3, -0.25) is 0 Å². The number of nitrogens with zero attached hydrogens (tertiary/aromatic N) is 1. The lowest BCUT2D eigenvalue weighted by molar-refractivity contribution is 0.0650. The molecule has 27 heavy (non-hydrogen) atoms. The number of carbonyl (C=O) groups is 1. The fourth-order valence-electron chi connectivity index (χ4n) is 4.44. The zero-order valence-corrected chi connectivity index (χ0v) is 17.6. The molecule has 5 nitrogen and oxygen atoms in total. The van der Waals surface area contributed by atoms with Gasteiger partial charge in [-0.2, -0.15) is 0 Å². The number of hydrogen-bond acceptors (Lipinski definition) is 4. The average molecular weight is 393 g/mol. The fraction of sp³-hybridized carbons (Fsp3) is 0.667. The molecule has 2 aliphatic heterocycles. The molecule has 1 amide bonds. The van der Waals surface area contributed by atoms with Crippen LogP contribution in [0.25, 0.3) is 0 Å². The molecule has 5 atom stereocenters. The molecule has 1 N–H and O–H groups in total. The monoisotopic (exact) mass is 392 g/mol. The number of ether oxygens (including phenoxy) is 1. The number of fused-ring (bicyclic) bond motifs is 2. The van der Waals surface area contributed by atoms with Crippen LogP contribution in [-0.4, -0.2) is 45.5 Å². The predicted octanol–water partition coefficient (Wildman–Crippen LogP) is 3.66. The van der Waals surface area contributed by atoms with Crippen LogP contribution in [0.4, 0.5) is 4.79 Å². The maximum Gasteiger partial charge on any atom is 0.409 e. The van der Waals surface area contributed by atoms with Crippen molar-refractivity contribution in [1.82, 2.24) is 9.62 Å². The summed E-state index contributed by atoms with van der Waals surface area (Å²) in [5.41, 5.74) is 1.25. The predicted molar refractivity (Wildman–Crippen MR) is 109 cm³/mol. The smallest absolute Gasteiger partial charge is 0.409 e. The topological polar surface area (TPSA) is 64.6 Å². The van der Waals surface area contributed by atoms with Gasteiger partial charge in [0.05, 0.1) is 13.2 Å². The number of methoxy groups -OCH3 is 1. The number of rotatable bonds is 5. The van der Waals surface area contributed by atoms with Crippen LogP contribution in [0.2, 0.25) is 0 Å². The maximum atomic E-state index is 12.8. The van der Waals surface area contributed by atoms with Crippen molar-refractivity contribution < 1.29 is 14.1 Å². The first-order valence-corrected chi connectivity index (χ1v) is 11.0. The summed E-state index contributed by atoms with van der Waals surface area (Å²) in [5.74, 6) is 0.398. The normalized spacial score (nSPS) is 27.3. The summed E-state index contributed by atoms with van der Waals surface area (Å²) in [6.07, 6.45) is 4.61. The molecule has 0 radical (unpaired) electrons. The van der Waals surface area contributed by atoms with Gasteiger partial charge in [0, 0.05) is 23.4 Å². The molecule has 0 aromatic heterocycles. The van der Waals surface area contributed by atoms with Crippen LogP contribution < -0.4 is 4.72 Å². The first kappa shape index (κ1) is 20.5. The molecule has 3 rings (SSSR count). The lowest BCUT2D eigenvalue weighted by Crippen LogP contribution is -2.54. The van der Waals surface area contributed by atoms with Crippen LogP contribution in [0.1, 0.15) is 52.0 Å². The van der Waals surface area contributed by atoms with Gasteiger partial charge in [-0.05, 0) is 64.4 Å². The molecule has 0 unspecified atom stereocenters. The van der Waals surface area contributed by atoms with Crippen LogP contribution in [0, 0.1) is 5.92 Å². The van der Waals surface area contributed by atoms with Gasteiger partial charge in [0.1, 0.15) is 4.75 Å². The number of nitrogens with one attached hydrogen (secondary N) is 1. The third-order valence-electron chi connectivity index (χ3n) is 5.84. The van der Waals surface area contributed by atoms with Crippen LogP contribution in [-0.2, 0) is 22.5 Å². The van der Waals surface area contributed by atoms with E-state index in [1.165, 1.54) is 12.7 Å². The lowest BCUT2D eigenvalue weighted by atomic mass is 9.83. The molecule has 6 heteroatoms. The van der Waals surface area contributed by atoms with Gasteiger partial charge in [-0.1, -0.05) is 30.3 Å². The minimum absolute atomic E-state index is 0.135. The highest BCUT2D eigenvalue weighted by Gasteiger charge is 2.46. The van der Waals surface area contributed by atoms with Gasteiger partial charge in [-0.15, -0.1) is 4.72 Å². The van der Waals surface area contributed by atoms with E-state index in [1.54, 1.807) is 0 Å². The summed E-state index contributed by atoms with van der Waals surface area (Å²) in [6.45, 7) is 6.00. The Morgan fingerprint density at radius 3 is 2.37 bits per heavy atom. The van der Waals surface area contributed by atoms with E-state index in [4.69, 9.17) is 4.74 Å². The molecular weight excluding hydrogens is 360 g/mol. The van der Waals surface area contributed by atoms with Gasteiger partial charge < -0.3 is 14.2 Å². The van der Waals surface area contributed by atoms with Crippen molar-refractivity contribution in [3.63, 3.8) is 0 Å². The largest absolute Gasteiger partial charge is 0.598 e. The summed E-state index contributed by atoms with van der Waals surface area (Å²) in [5, 5.41) is 0. The second kappa shape index (κ2) is 8.41. The Morgan fingerprint density at radius 2 is 1.85 bits per heavy atom.